The molecule has 0 saturated carbocycles. The SMILES string of the molecule is C1=CCc2cc3n(c2=C1)C=c1ccccc1=NC=3. The number of hydrogen-bond donors (Lipinski definition) is 0. The standard InChI is InChI=1S/C16H12N2/c1-3-7-15-13(6-1)11-18-14(10-17-15)9-12-5-2-4-8-16(12)18/h1-4,6-11H,5H2. The van der Waals surface area contributed by atoms with Gasteiger partial charge in [0.2, 0.25) is 0 Å². The van der Waals surface area contributed by atoms with Gasteiger partial charge in [0.05, 0.1) is 16.9 Å². The average molecular weight is 232 g/mol. The highest BCUT2D eigenvalue weighted by atomic mass is 15.0. The summed E-state index contributed by atoms with van der Waals surface area (Å²) in [5.41, 5.74) is 1.37. The molecule has 0 radical (unpaired) electrons. The Labute approximate surface area is 104 Å². The quantitative estimate of drug-likeness (QED) is 0.610. The summed E-state index contributed by atoms with van der Waals surface area (Å²) >= 11 is 0. The Morgan fingerprint density at radius 1 is 1.17 bits per heavy atom. The van der Waals surface area contributed by atoms with E-state index in [1.165, 1.54) is 10.9 Å². The van der Waals surface area contributed by atoms with Crippen molar-refractivity contribution in [2.75, 3.05) is 0 Å². The summed E-state index contributed by atoms with van der Waals surface area (Å²) in [5.74, 6) is 0. The van der Waals surface area contributed by atoms with Crippen molar-refractivity contribution in [1.29, 1.82) is 0 Å². The van der Waals surface area contributed by atoms with Gasteiger partial charge in [-0.3, -0.25) is 4.99 Å². The molecule has 1 aliphatic carbocycles. The van der Waals surface area contributed by atoms with Crippen LogP contribution in [-0.4, -0.2) is 4.57 Å². The largest absolute Gasteiger partial charge is 0.315 e. The minimum atomic E-state index is 1.01. The molecular formula is C16H12N2. The molecule has 4 rings (SSSR count). The highest BCUT2D eigenvalue weighted by Crippen LogP contribution is 1.98. The lowest BCUT2D eigenvalue weighted by atomic mass is 10.1. The van der Waals surface area contributed by atoms with Crippen molar-refractivity contribution in [2.24, 2.45) is 4.99 Å². The zero-order valence-electron chi connectivity index (χ0n) is 9.88. The molecule has 1 aromatic carbocycles. The maximum absolute atomic E-state index is 4.56. The Hall–Kier alpha value is -2.35. The van der Waals surface area contributed by atoms with Crippen LogP contribution >= 0.6 is 0 Å². The number of aromatic nitrogens is 1. The normalized spacial score (nSPS) is 14.9. The Morgan fingerprint density at radius 2 is 2.11 bits per heavy atom. The molecule has 0 atom stereocenters. The number of fused-ring (bicyclic) bond motifs is 4. The first-order chi connectivity index (χ1) is 8.92. The van der Waals surface area contributed by atoms with Gasteiger partial charge < -0.3 is 4.57 Å². The summed E-state index contributed by atoms with van der Waals surface area (Å²) in [5, 5.41) is 4.61. The fourth-order valence-electron chi connectivity index (χ4n) is 2.55. The smallest absolute Gasteiger partial charge is 0.0717 e. The maximum Gasteiger partial charge on any atom is 0.0717 e. The third kappa shape index (κ3) is 1.32. The van der Waals surface area contributed by atoms with Gasteiger partial charge in [0.25, 0.3) is 0 Å². The molecule has 2 heterocycles. The molecule has 0 unspecified atom stereocenters. The van der Waals surface area contributed by atoms with E-state index in [4.69, 9.17) is 0 Å². The summed E-state index contributed by atoms with van der Waals surface area (Å²) in [6, 6.07) is 10.4. The first-order valence-electron chi connectivity index (χ1n) is 6.14. The Balaban J connectivity index is 2.18. The van der Waals surface area contributed by atoms with Gasteiger partial charge in [-0.1, -0.05) is 30.4 Å². The summed E-state index contributed by atoms with van der Waals surface area (Å²) < 4.78 is 2.23. The Morgan fingerprint density at radius 3 is 3.11 bits per heavy atom. The van der Waals surface area contributed by atoms with Gasteiger partial charge in [0.15, 0.2) is 0 Å². The van der Waals surface area contributed by atoms with Crippen molar-refractivity contribution in [2.45, 2.75) is 6.42 Å². The Bertz CT molecular complexity index is 896. The van der Waals surface area contributed by atoms with E-state index < -0.39 is 0 Å². The lowest BCUT2D eigenvalue weighted by Gasteiger charge is -2.00. The molecule has 0 fully saturated rings. The van der Waals surface area contributed by atoms with Gasteiger partial charge in [0, 0.05) is 16.8 Å². The molecule has 2 aromatic rings. The molecule has 18 heavy (non-hydrogen) atoms. The lowest BCUT2D eigenvalue weighted by Crippen LogP contribution is -2.29. The molecule has 0 amide bonds. The van der Waals surface area contributed by atoms with Crippen LogP contribution in [-0.2, 0) is 6.42 Å². The predicted molar refractivity (Wildman–Crippen MR) is 72.5 cm³/mol. The molecular weight excluding hydrogens is 220 g/mol. The van der Waals surface area contributed by atoms with Crippen molar-refractivity contribution in [3.63, 3.8) is 0 Å². The highest BCUT2D eigenvalue weighted by Gasteiger charge is 2.05. The van der Waals surface area contributed by atoms with Crippen LogP contribution in [0.3, 0.4) is 0 Å². The monoisotopic (exact) mass is 232 g/mol. The van der Waals surface area contributed by atoms with Crippen molar-refractivity contribution in [3.8, 4) is 0 Å². The number of para-hydroxylation sites is 1. The third-order valence-electron chi connectivity index (χ3n) is 3.46. The first kappa shape index (κ1) is 9.66. The van der Waals surface area contributed by atoms with Crippen LogP contribution in [0.5, 0.6) is 0 Å². The van der Waals surface area contributed by atoms with E-state index in [2.05, 4.69) is 52.2 Å². The first-order valence-corrected chi connectivity index (χ1v) is 6.14. The molecule has 1 aromatic heterocycles. The number of benzene rings is 1. The van der Waals surface area contributed by atoms with Crippen molar-refractivity contribution in [3.05, 3.63) is 69.3 Å². The number of hydrogen-bond acceptors (Lipinski definition) is 1. The van der Waals surface area contributed by atoms with Crippen LogP contribution in [0.25, 0.3) is 18.5 Å². The summed E-state index contributed by atoms with van der Waals surface area (Å²) in [6.07, 6.45) is 11.6. The molecule has 1 aliphatic heterocycles. The van der Waals surface area contributed by atoms with Gasteiger partial charge in [-0.25, -0.2) is 0 Å². The minimum Gasteiger partial charge on any atom is -0.315 e. The second-order valence-electron chi connectivity index (χ2n) is 4.59. The van der Waals surface area contributed by atoms with Crippen molar-refractivity contribution >= 4 is 18.5 Å². The second kappa shape index (κ2) is 3.57. The van der Waals surface area contributed by atoms with E-state index in [0.717, 1.165) is 22.3 Å². The van der Waals surface area contributed by atoms with Gasteiger partial charge in [-0.05, 0) is 30.2 Å². The lowest BCUT2D eigenvalue weighted by molar-refractivity contribution is 1.04. The van der Waals surface area contributed by atoms with Gasteiger partial charge in [0.1, 0.15) is 0 Å². The third-order valence-corrected chi connectivity index (χ3v) is 3.46. The van der Waals surface area contributed by atoms with Gasteiger partial charge in [-0.2, -0.15) is 0 Å². The van der Waals surface area contributed by atoms with Crippen LogP contribution in [0, 0.1) is 0 Å². The van der Waals surface area contributed by atoms with Crippen LogP contribution in [0.1, 0.15) is 5.56 Å². The van der Waals surface area contributed by atoms with Crippen LogP contribution in [0.2, 0.25) is 0 Å². The van der Waals surface area contributed by atoms with Crippen molar-refractivity contribution < 1.29 is 0 Å². The summed E-state index contributed by atoms with van der Waals surface area (Å²) in [6.45, 7) is 0. The molecule has 2 heteroatoms. The van der Waals surface area contributed by atoms with E-state index in [-0.39, 0.29) is 0 Å². The number of nitrogens with zero attached hydrogens (tertiary/aromatic N) is 2. The zero-order valence-corrected chi connectivity index (χ0v) is 9.88. The van der Waals surface area contributed by atoms with E-state index in [0.29, 0.717) is 0 Å². The molecule has 0 spiro atoms. The summed E-state index contributed by atoms with van der Waals surface area (Å²) in [7, 11) is 0. The van der Waals surface area contributed by atoms with Gasteiger partial charge in [-0.15, -0.1) is 0 Å². The molecule has 0 N–H and O–H groups in total. The van der Waals surface area contributed by atoms with E-state index in [9.17, 15) is 0 Å². The second-order valence-corrected chi connectivity index (χ2v) is 4.59. The molecule has 0 saturated heterocycles. The molecule has 0 bridgehead atoms. The van der Waals surface area contributed by atoms with E-state index in [1.54, 1.807) is 0 Å². The Kier molecular flexibility index (Phi) is 1.92. The maximum atomic E-state index is 4.56. The predicted octanol–water partition coefficient (Wildman–Crippen LogP) is 0.0384. The average Bonchev–Trinajstić information content (AvgIpc) is 2.65. The van der Waals surface area contributed by atoms with Crippen LogP contribution in [0.15, 0.2) is 47.5 Å². The molecule has 2 aliphatic rings. The minimum absolute atomic E-state index is 1.01. The topological polar surface area (TPSA) is 17.3 Å². The van der Waals surface area contributed by atoms with E-state index in [1.807, 2.05) is 18.3 Å². The molecule has 2 nitrogen and oxygen atoms in total. The number of allylic oxidation sites excluding steroid dienone is 2. The molecule has 86 valence electrons. The van der Waals surface area contributed by atoms with Crippen LogP contribution in [0.4, 0.5) is 0 Å². The fourth-order valence-corrected chi connectivity index (χ4v) is 2.55. The zero-order chi connectivity index (χ0) is 11.9. The highest BCUT2D eigenvalue weighted by molar-refractivity contribution is 5.47. The van der Waals surface area contributed by atoms with Crippen LogP contribution < -0.4 is 21.3 Å². The van der Waals surface area contributed by atoms with Gasteiger partial charge >= 0.3 is 0 Å². The van der Waals surface area contributed by atoms with Crippen molar-refractivity contribution in [1.82, 2.24) is 4.57 Å². The number of rotatable bonds is 0. The fraction of sp³-hybridized carbons (Fsp3) is 0.0625. The van der Waals surface area contributed by atoms with E-state index >= 15 is 0 Å². The summed E-state index contributed by atoms with van der Waals surface area (Å²) in [4.78, 5) is 4.56.